The maximum absolute atomic E-state index is 12.3. The Morgan fingerprint density at radius 2 is 1.75 bits per heavy atom. The van der Waals surface area contributed by atoms with E-state index in [1.54, 1.807) is 31.4 Å². The molecule has 0 spiro atoms. The molecule has 7 heteroatoms. The number of nitrogens with zero attached hydrogens (tertiary/aromatic N) is 1. The fourth-order valence-corrected chi connectivity index (χ4v) is 3.06. The molecule has 0 atom stereocenters. The quantitative estimate of drug-likeness (QED) is 0.460. The van der Waals surface area contributed by atoms with Crippen LogP contribution in [0.1, 0.15) is 25.0 Å². The van der Waals surface area contributed by atoms with E-state index in [9.17, 15) is 4.79 Å². The van der Waals surface area contributed by atoms with Gasteiger partial charge in [-0.05, 0) is 56.3 Å². The minimum absolute atomic E-state index is 0.193. The summed E-state index contributed by atoms with van der Waals surface area (Å²) in [6, 6.07) is 10.8. The summed E-state index contributed by atoms with van der Waals surface area (Å²) < 4.78 is 22.8. The molecule has 0 aromatic heterocycles. The minimum Gasteiger partial charge on any atom is -0.496 e. The average molecular weight is 446 g/mol. The first-order valence-corrected chi connectivity index (χ1v) is 9.61. The Kier molecular flexibility index (Phi) is 6.36. The van der Waals surface area contributed by atoms with Gasteiger partial charge in [0.1, 0.15) is 5.75 Å². The van der Waals surface area contributed by atoms with Crippen LogP contribution in [0, 0.1) is 0 Å². The first kappa shape index (κ1) is 19.9. The lowest BCUT2D eigenvalue weighted by atomic mass is 10.1. The molecule has 0 saturated heterocycles. The summed E-state index contributed by atoms with van der Waals surface area (Å²) in [4.78, 5) is 16.7. The summed E-state index contributed by atoms with van der Waals surface area (Å²) in [6.45, 7) is 4.81. The molecule has 0 saturated carbocycles. The van der Waals surface area contributed by atoms with Crippen molar-refractivity contribution >= 4 is 33.9 Å². The predicted molar refractivity (Wildman–Crippen MR) is 110 cm³/mol. The third kappa shape index (κ3) is 4.36. The van der Waals surface area contributed by atoms with Crippen molar-refractivity contribution in [3.8, 4) is 17.2 Å². The molecule has 0 amide bonds. The average Bonchev–Trinajstić information content (AvgIpc) is 3.04. The van der Waals surface area contributed by atoms with Gasteiger partial charge in [-0.3, -0.25) is 0 Å². The second kappa shape index (κ2) is 8.93. The van der Waals surface area contributed by atoms with Crippen LogP contribution in [0.2, 0.25) is 0 Å². The Morgan fingerprint density at radius 3 is 2.46 bits per heavy atom. The maximum atomic E-state index is 12.3. The van der Waals surface area contributed by atoms with Gasteiger partial charge in [-0.1, -0.05) is 15.9 Å². The van der Waals surface area contributed by atoms with Gasteiger partial charge in [0.25, 0.3) is 0 Å². The molecule has 6 nitrogen and oxygen atoms in total. The summed E-state index contributed by atoms with van der Waals surface area (Å²) in [7, 11) is 1.57. The lowest BCUT2D eigenvalue weighted by Crippen LogP contribution is -2.06. The van der Waals surface area contributed by atoms with Crippen LogP contribution >= 0.6 is 15.9 Å². The van der Waals surface area contributed by atoms with Crippen LogP contribution < -0.4 is 14.2 Å². The van der Waals surface area contributed by atoms with E-state index in [0.717, 1.165) is 10.0 Å². The van der Waals surface area contributed by atoms with E-state index < -0.39 is 5.97 Å². The number of methoxy groups -OCH3 is 1. The molecule has 1 heterocycles. The topological polar surface area (TPSA) is 66.4 Å². The number of hydrogen-bond donors (Lipinski definition) is 0. The number of ether oxygens (including phenoxy) is 4. The van der Waals surface area contributed by atoms with E-state index >= 15 is 0 Å². The molecule has 1 aliphatic rings. The summed E-state index contributed by atoms with van der Waals surface area (Å²) in [6.07, 6.45) is 1.64. The first-order chi connectivity index (χ1) is 13.5. The van der Waals surface area contributed by atoms with Crippen LogP contribution in [-0.2, 0) is 9.53 Å². The van der Waals surface area contributed by atoms with Crippen molar-refractivity contribution in [1.82, 2.24) is 0 Å². The molecular formula is C21H20BrNO5. The predicted octanol–water partition coefficient (Wildman–Crippen LogP) is 4.60. The van der Waals surface area contributed by atoms with Crippen LogP contribution in [-0.4, -0.2) is 32.2 Å². The van der Waals surface area contributed by atoms with Crippen molar-refractivity contribution in [1.29, 1.82) is 0 Å². The number of aliphatic imine (C=N–C) groups is 1. The lowest BCUT2D eigenvalue weighted by molar-refractivity contribution is -0.129. The van der Waals surface area contributed by atoms with Gasteiger partial charge in [-0.2, -0.15) is 0 Å². The van der Waals surface area contributed by atoms with Crippen molar-refractivity contribution in [2.24, 2.45) is 4.99 Å². The molecule has 2 aromatic rings. The molecule has 0 unspecified atom stereocenters. The minimum atomic E-state index is -0.524. The van der Waals surface area contributed by atoms with E-state index in [4.69, 9.17) is 18.9 Å². The van der Waals surface area contributed by atoms with Gasteiger partial charge >= 0.3 is 5.97 Å². The summed E-state index contributed by atoms with van der Waals surface area (Å²) >= 11 is 3.42. The highest BCUT2D eigenvalue weighted by molar-refractivity contribution is 9.10. The van der Waals surface area contributed by atoms with Crippen LogP contribution in [0.15, 0.2) is 51.6 Å². The first-order valence-electron chi connectivity index (χ1n) is 8.81. The standard InChI is InChI=1S/C21H20BrNO5/c1-4-26-18-8-6-13(12-19(18)27-5-2)20-23-16(21(24)28-20)11-14-10-15(22)7-9-17(14)25-3/h6-12H,4-5H2,1-3H3/b16-11+. The number of halogens is 1. The number of esters is 1. The number of hydrogen-bond acceptors (Lipinski definition) is 6. The Labute approximate surface area is 171 Å². The van der Waals surface area contributed by atoms with Crippen LogP contribution in [0.25, 0.3) is 6.08 Å². The molecule has 0 N–H and O–H groups in total. The smallest absolute Gasteiger partial charge is 0.363 e. The van der Waals surface area contributed by atoms with Crippen molar-refractivity contribution in [2.45, 2.75) is 13.8 Å². The Morgan fingerprint density at radius 1 is 1.04 bits per heavy atom. The van der Waals surface area contributed by atoms with Gasteiger partial charge in [0.05, 0.1) is 20.3 Å². The Balaban J connectivity index is 1.96. The van der Waals surface area contributed by atoms with Gasteiger partial charge in [0.15, 0.2) is 17.2 Å². The molecule has 0 aliphatic carbocycles. The van der Waals surface area contributed by atoms with Crippen molar-refractivity contribution in [3.63, 3.8) is 0 Å². The fourth-order valence-electron chi connectivity index (χ4n) is 2.68. The number of carbonyl (C=O) groups excluding carboxylic acids is 1. The largest absolute Gasteiger partial charge is 0.496 e. The van der Waals surface area contributed by atoms with Gasteiger partial charge in [0.2, 0.25) is 5.90 Å². The normalized spacial score (nSPS) is 14.6. The second-order valence-electron chi connectivity index (χ2n) is 5.75. The molecule has 1 aliphatic heterocycles. The summed E-state index contributed by atoms with van der Waals surface area (Å²) in [5.41, 5.74) is 1.54. The highest BCUT2D eigenvalue weighted by Gasteiger charge is 2.25. The van der Waals surface area contributed by atoms with E-state index in [0.29, 0.717) is 36.0 Å². The molecule has 2 aromatic carbocycles. The zero-order valence-corrected chi connectivity index (χ0v) is 17.4. The van der Waals surface area contributed by atoms with Crippen molar-refractivity contribution in [3.05, 3.63) is 57.7 Å². The SMILES string of the molecule is CCOc1ccc(C2=N/C(=C/c3cc(Br)ccc3OC)C(=O)O2)cc1OCC. The molecule has 0 fully saturated rings. The Bertz CT molecular complexity index is 952. The fraction of sp³-hybridized carbons (Fsp3) is 0.238. The lowest BCUT2D eigenvalue weighted by Gasteiger charge is -2.11. The summed E-state index contributed by atoms with van der Waals surface area (Å²) in [5, 5.41) is 0. The number of cyclic esters (lactones) is 1. The maximum Gasteiger partial charge on any atom is 0.363 e. The van der Waals surface area contributed by atoms with E-state index in [2.05, 4.69) is 20.9 Å². The third-order valence-corrected chi connectivity index (χ3v) is 4.39. The number of benzene rings is 2. The molecule has 0 radical (unpaired) electrons. The van der Waals surface area contributed by atoms with E-state index in [1.165, 1.54) is 0 Å². The second-order valence-corrected chi connectivity index (χ2v) is 6.67. The molecular weight excluding hydrogens is 426 g/mol. The molecule has 3 rings (SSSR count). The zero-order valence-electron chi connectivity index (χ0n) is 15.8. The van der Waals surface area contributed by atoms with E-state index in [1.807, 2.05) is 32.0 Å². The Hall–Kier alpha value is -2.80. The van der Waals surface area contributed by atoms with Crippen molar-refractivity contribution < 1.29 is 23.7 Å². The number of rotatable bonds is 7. The van der Waals surface area contributed by atoms with Gasteiger partial charge in [-0.25, -0.2) is 9.79 Å². The van der Waals surface area contributed by atoms with E-state index in [-0.39, 0.29) is 11.6 Å². The highest BCUT2D eigenvalue weighted by Crippen LogP contribution is 2.31. The van der Waals surface area contributed by atoms with Crippen molar-refractivity contribution in [2.75, 3.05) is 20.3 Å². The van der Waals surface area contributed by atoms with Gasteiger partial charge in [-0.15, -0.1) is 0 Å². The molecule has 146 valence electrons. The third-order valence-electron chi connectivity index (χ3n) is 3.89. The molecule has 0 bridgehead atoms. The monoisotopic (exact) mass is 445 g/mol. The van der Waals surface area contributed by atoms with Crippen LogP contribution in [0.3, 0.4) is 0 Å². The van der Waals surface area contributed by atoms with Gasteiger partial charge in [0, 0.05) is 15.6 Å². The number of carbonyl (C=O) groups is 1. The molecule has 28 heavy (non-hydrogen) atoms. The van der Waals surface area contributed by atoms with Crippen LogP contribution in [0.5, 0.6) is 17.2 Å². The van der Waals surface area contributed by atoms with Crippen LogP contribution in [0.4, 0.5) is 0 Å². The van der Waals surface area contributed by atoms with Gasteiger partial charge < -0.3 is 18.9 Å². The highest BCUT2D eigenvalue weighted by atomic mass is 79.9. The zero-order chi connectivity index (χ0) is 20.1. The summed E-state index contributed by atoms with van der Waals surface area (Å²) in [5.74, 6) is 1.53.